The van der Waals surface area contributed by atoms with Gasteiger partial charge in [0.15, 0.2) is 6.10 Å². The van der Waals surface area contributed by atoms with Gasteiger partial charge in [0.1, 0.15) is 5.75 Å². The highest BCUT2D eigenvalue weighted by Crippen LogP contribution is 2.18. The number of nitrogens with one attached hydrogen (secondary N) is 1. The second-order valence-corrected chi connectivity index (χ2v) is 4.25. The monoisotopic (exact) mass is 257 g/mol. The van der Waals surface area contributed by atoms with Crippen LogP contribution < -0.4 is 10.1 Å². The Kier molecular flexibility index (Phi) is 5.25. The van der Waals surface area contributed by atoms with Crippen LogP contribution in [-0.4, -0.2) is 29.8 Å². The van der Waals surface area contributed by atoms with Crippen LogP contribution in [-0.2, 0) is 4.79 Å². The van der Waals surface area contributed by atoms with E-state index < -0.39 is 12.2 Å². The maximum Gasteiger partial charge on any atom is 0.260 e. The van der Waals surface area contributed by atoms with Gasteiger partial charge in [0.25, 0.3) is 5.91 Å². The van der Waals surface area contributed by atoms with Crippen molar-refractivity contribution in [3.8, 4) is 5.75 Å². The number of amides is 1. The standard InChI is InChI=1S/C12H16ClNO3/c1-8(15)7-14-12(16)9(2)17-11-5-3-4-10(13)6-11/h3-6,8-9,15H,7H2,1-2H3,(H,14,16)/t8-,9?/m1/s1. The van der Waals surface area contributed by atoms with E-state index in [2.05, 4.69) is 5.32 Å². The molecule has 0 saturated carbocycles. The molecular weight excluding hydrogens is 242 g/mol. The molecule has 1 aromatic carbocycles. The van der Waals surface area contributed by atoms with Crippen molar-refractivity contribution in [1.29, 1.82) is 0 Å². The molecule has 0 aliphatic carbocycles. The number of carbonyl (C=O) groups is 1. The lowest BCUT2D eigenvalue weighted by Gasteiger charge is -2.15. The van der Waals surface area contributed by atoms with Gasteiger partial charge in [-0.05, 0) is 32.0 Å². The highest BCUT2D eigenvalue weighted by molar-refractivity contribution is 6.30. The normalized spacial score (nSPS) is 13.9. The van der Waals surface area contributed by atoms with E-state index in [0.717, 1.165) is 0 Å². The van der Waals surface area contributed by atoms with Gasteiger partial charge in [-0.2, -0.15) is 0 Å². The highest BCUT2D eigenvalue weighted by Gasteiger charge is 2.14. The molecule has 94 valence electrons. The Labute approximate surface area is 106 Å². The van der Waals surface area contributed by atoms with Gasteiger partial charge in [0.05, 0.1) is 6.10 Å². The summed E-state index contributed by atoms with van der Waals surface area (Å²) in [5.41, 5.74) is 0. The summed E-state index contributed by atoms with van der Waals surface area (Å²) < 4.78 is 5.41. The van der Waals surface area contributed by atoms with Crippen LogP contribution in [0, 0.1) is 0 Å². The van der Waals surface area contributed by atoms with Gasteiger partial charge in [-0.15, -0.1) is 0 Å². The van der Waals surface area contributed by atoms with Gasteiger partial charge in [-0.25, -0.2) is 0 Å². The van der Waals surface area contributed by atoms with Crippen LogP contribution in [0.2, 0.25) is 5.02 Å². The van der Waals surface area contributed by atoms with Crippen LogP contribution in [0.25, 0.3) is 0 Å². The molecule has 0 aromatic heterocycles. The van der Waals surface area contributed by atoms with Crippen molar-refractivity contribution in [1.82, 2.24) is 5.32 Å². The second-order valence-electron chi connectivity index (χ2n) is 3.81. The molecule has 0 heterocycles. The van der Waals surface area contributed by atoms with Gasteiger partial charge in [-0.3, -0.25) is 4.79 Å². The second kappa shape index (κ2) is 6.47. The van der Waals surface area contributed by atoms with Crippen LogP contribution in [0.15, 0.2) is 24.3 Å². The maximum absolute atomic E-state index is 11.6. The molecule has 2 N–H and O–H groups in total. The molecular formula is C12H16ClNO3. The van der Waals surface area contributed by atoms with E-state index in [1.54, 1.807) is 38.1 Å². The largest absolute Gasteiger partial charge is 0.481 e. The molecule has 2 atom stereocenters. The zero-order chi connectivity index (χ0) is 12.8. The van der Waals surface area contributed by atoms with Crippen molar-refractivity contribution in [3.05, 3.63) is 29.3 Å². The predicted molar refractivity (Wildman–Crippen MR) is 66.2 cm³/mol. The predicted octanol–water partition coefficient (Wildman–Crippen LogP) is 1.60. The molecule has 1 aromatic rings. The molecule has 0 radical (unpaired) electrons. The molecule has 5 heteroatoms. The third kappa shape index (κ3) is 5.06. The first-order valence-electron chi connectivity index (χ1n) is 5.37. The molecule has 1 amide bonds. The Morgan fingerprint density at radius 2 is 2.24 bits per heavy atom. The highest BCUT2D eigenvalue weighted by atomic mass is 35.5. The summed E-state index contributed by atoms with van der Waals surface area (Å²) in [7, 11) is 0. The molecule has 0 fully saturated rings. The number of aliphatic hydroxyl groups is 1. The minimum absolute atomic E-state index is 0.210. The quantitative estimate of drug-likeness (QED) is 0.843. The van der Waals surface area contributed by atoms with Gasteiger partial charge < -0.3 is 15.2 Å². The Morgan fingerprint density at radius 3 is 2.82 bits per heavy atom. The maximum atomic E-state index is 11.6. The molecule has 0 aliphatic heterocycles. The minimum Gasteiger partial charge on any atom is -0.481 e. The first kappa shape index (κ1) is 13.8. The summed E-state index contributed by atoms with van der Waals surface area (Å²) in [6.45, 7) is 3.45. The lowest BCUT2D eigenvalue weighted by Crippen LogP contribution is -2.39. The minimum atomic E-state index is -0.632. The van der Waals surface area contributed by atoms with Gasteiger partial charge in [-0.1, -0.05) is 17.7 Å². The zero-order valence-corrected chi connectivity index (χ0v) is 10.6. The third-order valence-corrected chi connectivity index (χ3v) is 2.28. The molecule has 1 rings (SSSR count). The van der Waals surface area contributed by atoms with Crippen molar-refractivity contribution >= 4 is 17.5 Å². The molecule has 17 heavy (non-hydrogen) atoms. The third-order valence-electron chi connectivity index (χ3n) is 2.05. The summed E-state index contributed by atoms with van der Waals surface area (Å²) in [5, 5.41) is 12.2. The summed E-state index contributed by atoms with van der Waals surface area (Å²) in [6.07, 6.45) is -1.20. The Bertz CT molecular complexity index is 382. The fraction of sp³-hybridized carbons (Fsp3) is 0.417. The van der Waals surface area contributed by atoms with Crippen LogP contribution in [0.3, 0.4) is 0 Å². The van der Waals surface area contributed by atoms with Crippen molar-refractivity contribution in [3.63, 3.8) is 0 Å². The van der Waals surface area contributed by atoms with E-state index in [9.17, 15) is 4.79 Å². The number of aliphatic hydroxyl groups excluding tert-OH is 1. The average molecular weight is 258 g/mol. The Hall–Kier alpha value is -1.26. The number of rotatable bonds is 5. The van der Waals surface area contributed by atoms with Crippen molar-refractivity contribution in [2.75, 3.05) is 6.54 Å². The number of hydrogen-bond acceptors (Lipinski definition) is 3. The average Bonchev–Trinajstić information content (AvgIpc) is 2.25. The number of hydrogen-bond donors (Lipinski definition) is 2. The smallest absolute Gasteiger partial charge is 0.260 e. The van der Waals surface area contributed by atoms with Crippen molar-refractivity contribution in [2.45, 2.75) is 26.1 Å². The molecule has 4 nitrogen and oxygen atoms in total. The zero-order valence-electron chi connectivity index (χ0n) is 9.81. The van der Waals surface area contributed by atoms with Crippen LogP contribution in [0.1, 0.15) is 13.8 Å². The summed E-state index contributed by atoms with van der Waals surface area (Å²) in [4.78, 5) is 11.6. The van der Waals surface area contributed by atoms with Gasteiger partial charge in [0.2, 0.25) is 0 Å². The number of benzene rings is 1. The molecule has 1 unspecified atom stereocenters. The lowest BCUT2D eigenvalue weighted by atomic mass is 10.3. The number of carbonyl (C=O) groups excluding carboxylic acids is 1. The van der Waals surface area contributed by atoms with Gasteiger partial charge >= 0.3 is 0 Å². The first-order chi connectivity index (χ1) is 7.99. The first-order valence-corrected chi connectivity index (χ1v) is 5.75. The molecule has 0 bridgehead atoms. The topological polar surface area (TPSA) is 58.6 Å². The fourth-order valence-electron chi connectivity index (χ4n) is 1.19. The molecule has 0 spiro atoms. The van der Waals surface area contributed by atoms with Crippen LogP contribution in [0.4, 0.5) is 0 Å². The number of ether oxygens (including phenoxy) is 1. The van der Waals surface area contributed by atoms with Crippen molar-refractivity contribution < 1.29 is 14.6 Å². The SMILES string of the molecule is CC(Oc1cccc(Cl)c1)C(=O)NC[C@@H](C)O. The van der Waals surface area contributed by atoms with Crippen LogP contribution in [0.5, 0.6) is 5.75 Å². The van der Waals surface area contributed by atoms with E-state index in [-0.39, 0.29) is 12.5 Å². The molecule has 0 saturated heterocycles. The van der Waals surface area contributed by atoms with Crippen molar-refractivity contribution in [2.24, 2.45) is 0 Å². The Morgan fingerprint density at radius 1 is 1.53 bits per heavy atom. The van der Waals surface area contributed by atoms with E-state index in [4.69, 9.17) is 21.4 Å². The number of halogens is 1. The van der Waals surface area contributed by atoms with E-state index in [1.807, 2.05) is 0 Å². The van der Waals surface area contributed by atoms with E-state index in [0.29, 0.717) is 10.8 Å². The summed E-state index contributed by atoms with van der Waals surface area (Å²) in [6, 6.07) is 6.84. The van der Waals surface area contributed by atoms with Crippen LogP contribution >= 0.6 is 11.6 Å². The van der Waals surface area contributed by atoms with E-state index in [1.165, 1.54) is 0 Å². The van der Waals surface area contributed by atoms with E-state index >= 15 is 0 Å². The molecule has 0 aliphatic rings. The Balaban J connectivity index is 2.48. The summed E-state index contributed by atoms with van der Waals surface area (Å²) in [5.74, 6) is 0.267. The fourth-order valence-corrected chi connectivity index (χ4v) is 1.37. The lowest BCUT2D eigenvalue weighted by molar-refractivity contribution is -0.127. The summed E-state index contributed by atoms with van der Waals surface area (Å²) >= 11 is 5.80. The van der Waals surface area contributed by atoms with Gasteiger partial charge in [0, 0.05) is 11.6 Å².